The predicted octanol–water partition coefficient (Wildman–Crippen LogP) is 3.64. The van der Waals surface area contributed by atoms with Crippen molar-refractivity contribution in [2.45, 2.75) is 6.54 Å². The summed E-state index contributed by atoms with van der Waals surface area (Å²) in [5, 5.41) is 2.75. The van der Waals surface area contributed by atoms with E-state index in [1.54, 1.807) is 53.4 Å². The highest BCUT2D eigenvalue weighted by Gasteiger charge is 2.14. The van der Waals surface area contributed by atoms with Crippen LogP contribution >= 0.6 is 11.6 Å². The molecule has 3 aromatic rings. The van der Waals surface area contributed by atoms with Crippen LogP contribution in [0.4, 0.5) is 10.1 Å². The molecule has 0 unspecified atom stereocenters. The number of anilines is 1. The van der Waals surface area contributed by atoms with E-state index >= 15 is 0 Å². The minimum atomic E-state index is -0.598. The van der Waals surface area contributed by atoms with Gasteiger partial charge in [0.25, 0.3) is 5.91 Å². The molecule has 0 atom stereocenters. The maximum atomic E-state index is 13.7. The number of carbonyl (C=O) groups excluding carboxylic acids is 2. The van der Waals surface area contributed by atoms with Gasteiger partial charge in [0.05, 0.1) is 5.69 Å². The minimum absolute atomic E-state index is 0.0120. The number of amides is 1. The summed E-state index contributed by atoms with van der Waals surface area (Å²) >= 11 is 5.68. The first-order valence-corrected chi connectivity index (χ1v) is 8.24. The molecule has 1 N–H and O–H groups in total. The average Bonchev–Trinajstić information content (AvgIpc) is 2.65. The van der Waals surface area contributed by atoms with Gasteiger partial charge in [-0.25, -0.2) is 4.39 Å². The van der Waals surface area contributed by atoms with Crippen LogP contribution in [0, 0.1) is 5.82 Å². The van der Waals surface area contributed by atoms with Crippen molar-refractivity contribution >= 4 is 29.0 Å². The summed E-state index contributed by atoms with van der Waals surface area (Å²) in [5.74, 6) is -1.08. The molecule has 1 amide bonds. The molecule has 3 rings (SSSR count). The summed E-state index contributed by atoms with van der Waals surface area (Å²) in [6, 6.07) is 16.3. The topological polar surface area (TPSA) is 50.0 Å². The minimum Gasteiger partial charge on any atom is -0.318 e. The van der Waals surface area contributed by atoms with E-state index in [2.05, 4.69) is 5.32 Å². The first kappa shape index (κ1) is 17.8. The molecule has 1 aromatic heterocycles. The predicted molar refractivity (Wildman–Crippen MR) is 96.6 cm³/mol. The molecule has 6 heteroatoms. The van der Waals surface area contributed by atoms with Gasteiger partial charge in [0.1, 0.15) is 5.82 Å². The van der Waals surface area contributed by atoms with E-state index in [9.17, 15) is 14.0 Å². The van der Waals surface area contributed by atoms with Gasteiger partial charge in [-0.3, -0.25) is 9.59 Å². The lowest BCUT2D eigenvalue weighted by atomic mass is 10.0. The molecule has 0 radical (unpaired) electrons. The lowest BCUT2D eigenvalue weighted by Crippen LogP contribution is -2.39. The zero-order valence-corrected chi connectivity index (χ0v) is 14.4. The van der Waals surface area contributed by atoms with E-state index in [0.717, 1.165) is 6.07 Å². The monoisotopic (exact) mass is 369 g/mol. The van der Waals surface area contributed by atoms with Crippen molar-refractivity contribution in [2.75, 3.05) is 5.32 Å². The molecule has 4 nitrogen and oxygen atoms in total. The van der Waals surface area contributed by atoms with Gasteiger partial charge in [-0.15, -0.1) is 0 Å². The number of nitrogens with one attached hydrogen (secondary N) is 1. The average molecular weight is 370 g/mol. The number of hydrogen-bond acceptors (Lipinski definition) is 2. The summed E-state index contributed by atoms with van der Waals surface area (Å²) in [5.41, 5.74) is 1.19. The van der Waals surface area contributed by atoms with Crippen LogP contribution in [-0.2, 0) is 11.3 Å². The van der Waals surface area contributed by atoms with Crippen molar-refractivity contribution < 1.29 is 18.5 Å². The standard InChI is InChI=1S/C20H14ClFN2O2/c21-16-6-7-18(17(22)12-16)23-19(25)13-24-10-8-15(9-11-24)20(26)14-4-2-1-3-5-14/h1-12H,13H2/p+1. The smallest absolute Gasteiger partial charge is 0.290 e. The number of aromatic nitrogens is 1. The van der Waals surface area contributed by atoms with E-state index in [0.29, 0.717) is 11.1 Å². The van der Waals surface area contributed by atoms with Gasteiger partial charge in [-0.05, 0) is 18.2 Å². The van der Waals surface area contributed by atoms with Crippen molar-refractivity contribution in [3.05, 3.63) is 95.0 Å². The van der Waals surface area contributed by atoms with Crippen LogP contribution in [0.5, 0.6) is 0 Å². The Labute approximate surface area is 154 Å². The molecular weight excluding hydrogens is 355 g/mol. The highest BCUT2D eigenvalue weighted by atomic mass is 35.5. The molecule has 0 aliphatic rings. The molecule has 0 aliphatic heterocycles. The maximum absolute atomic E-state index is 13.7. The Bertz CT molecular complexity index is 944. The SMILES string of the molecule is O=C(C[n+]1ccc(C(=O)c2ccccc2)cc1)Nc1ccc(Cl)cc1F. The number of ketones is 1. The second kappa shape index (κ2) is 7.89. The van der Waals surface area contributed by atoms with Gasteiger partial charge in [0.15, 0.2) is 18.2 Å². The van der Waals surface area contributed by atoms with Gasteiger partial charge in [-0.2, -0.15) is 4.57 Å². The Kier molecular flexibility index (Phi) is 5.39. The Morgan fingerprint density at radius 1 is 0.962 bits per heavy atom. The molecule has 0 bridgehead atoms. The van der Waals surface area contributed by atoms with Crippen molar-refractivity contribution in [3.63, 3.8) is 0 Å². The number of nitrogens with zero attached hydrogens (tertiary/aromatic N) is 1. The van der Waals surface area contributed by atoms with Crippen LogP contribution in [0.1, 0.15) is 15.9 Å². The second-order valence-corrected chi connectivity index (χ2v) is 6.06. The van der Waals surface area contributed by atoms with Crippen LogP contribution in [0.25, 0.3) is 0 Å². The molecule has 130 valence electrons. The fourth-order valence-electron chi connectivity index (χ4n) is 2.42. The number of hydrogen-bond donors (Lipinski definition) is 1. The molecule has 2 aromatic carbocycles. The fraction of sp³-hybridized carbons (Fsp3) is 0.0500. The largest absolute Gasteiger partial charge is 0.318 e. The van der Waals surface area contributed by atoms with Crippen LogP contribution in [-0.4, -0.2) is 11.7 Å². The zero-order chi connectivity index (χ0) is 18.5. The number of halogens is 2. The lowest BCUT2D eigenvalue weighted by Gasteiger charge is -2.05. The van der Waals surface area contributed by atoms with Crippen molar-refractivity contribution in [1.29, 1.82) is 0 Å². The van der Waals surface area contributed by atoms with Crippen LogP contribution in [0.2, 0.25) is 5.02 Å². The van der Waals surface area contributed by atoms with Gasteiger partial charge < -0.3 is 5.32 Å². The van der Waals surface area contributed by atoms with Crippen molar-refractivity contribution in [3.8, 4) is 0 Å². The number of benzene rings is 2. The van der Waals surface area contributed by atoms with Crippen LogP contribution in [0.3, 0.4) is 0 Å². The van der Waals surface area contributed by atoms with Crippen LogP contribution < -0.4 is 9.88 Å². The van der Waals surface area contributed by atoms with E-state index in [1.165, 1.54) is 12.1 Å². The Hall–Kier alpha value is -3.05. The normalized spacial score (nSPS) is 10.4. The summed E-state index contributed by atoms with van der Waals surface area (Å²) in [4.78, 5) is 24.4. The highest BCUT2D eigenvalue weighted by molar-refractivity contribution is 6.30. The van der Waals surface area contributed by atoms with E-state index in [1.807, 2.05) is 6.07 Å². The molecule has 0 saturated heterocycles. The third-order valence-electron chi connectivity index (χ3n) is 3.72. The summed E-state index contributed by atoms with van der Waals surface area (Å²) < 4.78 is 15.3. The molecule has 0 fully saturated rings. The highest BCUT2D eigenvalue weighted by Crippen LogP contribution is 2.18. The molecule has 0 aliphatic carbocycles. The third kappa shape index (κ3) is 4.32. The van der Waals surface area contributed by atoms with E-state index in [4.69, 9.17) is 11.6 Å². The molecule has 1 heterocycles. The second-order valence-electron chi connectivity index (χ2n) is 5.63. The van der Waals surface area contributed by atoms with E-state index in [-0.39, 0.29) is 23.0 Å². The van der Waals surface area contributed by atoms with E-state index < -0.39 is 11.7 Å². The molecule has 0 saturated carbocycles. The Morgan fingerprint density at radius 2 is 1.62 bits per heavy atom. The Balaban J connectivity index is 1.65. The summed E-state index contributed by atoms with van der Waals surface area (Å²) in [6.45, 7) is -0.0120. The van der Waals surface area contributed by atoms with Gasteiger partial charge in [0.2, 0.25) is 6.54 Å². The fourth-order valence-corrected chi connectivity index (χ4v) is 2.58. The van der Waals surface area contributed by atoms with Crippen LogP contribution in [0.15, 0.2) is 73.1 Å². The summed E-state index contributed by atoms with van der Waals surface area (Å²) in [6.07, 6.45) is 3.27. The number of carbonyl (C=O) groups is 2. The third-order valence-corrected chi connectivity index (χ3v) is 3.96. The van der Waals surface area contributed by atoms with Crippen molar-refractivity contribution in [1.82, 2.24) is 0 Å². The van der Waals surface area contributed by atoms with Crippen molar-refractivity contribution in [2.24, 2.45) is 0 Å². The zero-order valence-electron chi connectivity index (χ0n) is 13.7. The summed E-state index contributed by atoms with van der Waals surface area (Å²) in [7, 11) is 0. The number of rotatable bonds is 5. The maximum Gasteiger partial charge on any atom is 0.290 e. The van der Waals surface area contributed by atoms with Gasteiger partial charge >= 0.3 is 0 Å². The molecule has 0 spiro atoms. The lowest BCUT2D eigenvalue weighted by molar-refractivity contribution is -0.684. The molecule has 26 heavy (non-hydrogen) atoms. The number of pyridine rings is 1. The first-order chi connectivity index (χ1) is 12.5. The first-order valence-electron chi connectivity index (χ1n) is 7.87. The van der Waals surface area contributed by atoms with Gasteiger partial charge in [0, 0.05) is 28.3 Å². The Morgan fingerprint density at radius 3 is 2.27 bits per heavy atom. The van der Waals surface area contributed by atoms with Gasteiger partial charge in [-0.1, -0.05) is 41.9 Å². The molecular formula is C20H15ClFN2O2+. The quantitative estimate of drug-likeness (QED) is 0.551.